The SMILES string of the molecule is CC(C)(C)c1cc[c]cc1Cl. The van der Waals surface area contributed by atoms with Crippen LogP contribution in [0.1, 0.15) is 26.3 Å². The van der Waals surface area contributed by atoms with Crippen molar-refractivity contribution in [1.29, 1.82) is 0 Å². The van der Waals surface area contributed by atoms with Gasteiger partial charge in [0.25, 0.3) is 0 Å². The van der Waals surface area contributed by atoms with Crippen LogP contribution in [-0.4, -0.2) is 0 Å². The Morgan fingerprint density at radius 1 is 1.36 bits per heavy atom. The normalized spacial score (nSPS) is 11.6. The summed E-state index contributed by atoms with van der Waals surface area (Å²) in [5.74, 6) is 0. The largest absolute Gasteiger partial charge is 0.0840 e. The van der Waals surface area contributed by atoms with Crippen molar-refractivity contribution in [2.24, 2.45) is 0 Å². The topological polar surface area (TPSA) is 0 Å². The molecule has 1 rings (SSSR count). The highest BCUT2D eigenvalue weighted by Crippen LogP contribution is 2.28. The van der Waals surface area contributed by atoms with E-state index in [4.69, 9.17) is 11.6 Å². The van der Waals surface area contributed by atoms with Gasteiger partial charge in [-0.25, -0.2) is 0 Å². The maximum atomic E-state index is 5.98. The summed E-state index contributed by atoms with van der Waals surface area (Å²) in [4.78, 5) is 0. The van der Waals surface area contributed by atoms with E-state index in [1.807, 2.05) is 18.2 Å². The third-order valence-corrected chi connectivity index (χ3v) is 1.93. The van der Waals surface area contributed by atoms with Gasteiger partial charge in [0, 0.05) is 5.02 Å². The number of benzene rings is 1. The molecule has 0 unspecified atom stereocenters. The van der Waals surface area contributed by atoms with Crippen LogP contribution in [0.25, 0.3) is 0 Å². The fourth-order valence-electron chi connectivity index (χ4n) is 1.02. The Kier molecular flexibility index (Phi) is 2.24. The Morgan fingerprint density at radius 2 is 2.00 bits per heavy atom. The van der Waals surface area contributed by atoms with Gasteiger partial charge < -0.3 is 0 Å². The molecule has 0 aliphatic carbocycles. The summed E-state index contributed by atoms with van der Waals surface area (Å²) in [7, 11) is 0. The Morgan fingerprint density at radius 3 is 2.36 bits per heavy atom. The minimum absolute atomic E-state index is 0.131. The van der Waals surface area contributed by atoms with Crippen LogP contribution in [-0.2, 0) is 5.41 Å². The first-order chi connectivity index (χ1) is 5.02. The zero-order valence-corrected chi connectivity index (χ0v) is 7.87. The van der Waals surface area contributed by atoms with Gasteiger partial charge >= 0.3 is 0 Å². The summed E-state index contributed by atoms with van der Waals surface area (Å²) in [6, 6.07) is 8.66. The van der Waals surface area contributed by atoms with Crippen LogP contribution >= 0.6 is 11.6 Å². The molecule has 0 aromatic heterocycles. The van der Waals surface area contributed by atoms with E-state index in [9.17, 15) is 0 Å². The van der Waals surface area contributed by atoms with E-state index in [2.05, 4.69) is 26.8 Å². The zero-order valence-electron chi connectivity index (χ0n) is 7.11. The highest BCUT2D eigenvalue weighted by molar-refractivity contribution is 6.31. The van der Waals surface area contributed by atoms with Crippen molar-refractivity contribution in [1.82, 2.24) is 0 Å². The van der Waals surface area contributed by atoms with Gasteiger partial charge in [0.05, 0.1) is 0 Å². The maximum absolute atomic E-state index is 5.98. The summed E-state index contributed by atoms with van der Waals surface area (Å²) in [5, 5.41) is 0.806. The molecule has 11 heavy (non-hydrogen) atoms. The number of halogens is 1. The molecule has 0 heterocycles. The Balaban J connectivity index is 3.14. The molecule has 0 saturated heterocycles. The van der Waals surface area contributed by atoms with Crippen molar-refractivity contribution >= 4 is 11.6 Å². The fourth-order valence-corrected chi connectivity index (χ4v) is 1.43. The summed E-state index contributed by atoms with van der Waals surface area (Å²) >= 11 is 5.98. The van der Waals surface area contributed by atoms with E-state index in [1.165, 1.54) is 5.56 Å². The highest BCUT2D eigenvalue weighted by atomic mass is 35.5. The molecule has 0 amide bonds. The molecule has 1 radical (unpaired) electrons. The monoisotopic (exact) mass is 167 g/mol. The quantitative estimate of drug-likeness (QED) is 0.556. The van der Waals surface area contributed by atoms with Crippen LogP contribution in [0.15, 0.2) is 18.2 Å². The van der Waals surface area contributed by atoms with Crippen molar-refractivity contribution in [2.45, 2.75) is 26.2 Å². The molecule has 0 saturated carbocycles. The number of rotatable bonds is 0. The molecule has 1 aromatic rings. The van der Waals surface area contributed by atoms with E-state index in [1.54, 1.807) is 0 Å². The molecular formula is C10H12Cl. The van der Waals surface area contributed by atoms with E-state index < -0.39 is 0 Å². The molecule has 0 fully saturated rings. The van der Waals surface area contributed by atoms with Crippen molar-refractivity contribution in [2.75, 3.05) is 0 Å². The van der Waals surface area contributed by atoms with Gasteiger partial charge in [-0.15, -0.1) is 0 Å². The molecule has 0 aliphatic rings. The summed E-state index contributed by atoms with van der Waals surface area (Å²) < 4.78 is 0. The van der Waals surface area contributed by atoms with Crippen LogP contribution < -0.4 is 0 Å². The molecule has 0 spiro atoms. The fraction of sp³-hybridized carbons (Fsp3) is 0.400. The third-order valence-electron chi connectivity index (χ3n) is 1.62. The van der Waals surface area contributed by atoms with Crippen molar-refractivity contribution in [3.63, 3.8) is 0 Å². The minimum Gasteiger partial charge on any atom is -0.0840 e. The number of hydrogen-bond acceptors (Lipinski definition) is 0. The summed E-state index contributed by atoms with van der Waals surface area (Å²) in [5.41, 5.74) is 1.31. The lowest BCUT2D eigenvalue weighted by Crippen LogP contribution is -2.11. The average Bonchev–Trinajstić information content (AvgIpc) is 1.86. The van der Waals surface area contributed by atoms with Crippen LogP contribution in [0, 0.1) is 6.07 Å². The van der Waals surface area contributed by atoms with Gasteiger partial charge in [0.15, 0.2) is 0 Å². The van der Waals surface area contributed by atoms with Gasteiger partial charge in [0.2, 0.25) is 0 Å². The van der Waals surface area contributed by atoms with Crippen LogP contribution in [0.3, 0.4) is 0 Å². The lowest BCUT2D eigenvalue weighted by Gasteiger charge is -2.19. The molecule has 0 aliphatic heterocycles. The molecule has 0 nitrogen and oxygen atoms in total. The standard InChI is InChI=1S/C10H12Cl/c1-10(2,3)8-6-4-5-7-9(8)11/h4,6-7H,1-3H3. The van der Waals surface area contributed by atoms with Crippen molar-refractivity contribution in [3.8, 4) is 0 Å². The predicted molar refractivity (Wildman–Crippen MR) is 49.0 cm³/mol. The van der Waals surface area contributed by atoms with Crippen molar-refractivity contribution < 1.29 is 0 Å². The minimum atomic E-state index is 0.131. The first kappa shape index (κ1) is 8.61. The van der Waals surface area contributed by atoms with E-state index in [0.717, 1.165) is 5.02 Å². The summed E-state index contributed by atoms with van der Waals surface area (Å²) in [6.07, 6.45) is 0. The molecule has 0 N–H and O–H groups in total. The molecule has 1 heteroatoms. The lowest BCUT2D eigenvalue weighted by molar-refractivity contribution is 0.590. The second-order valence-electron chi connectivity index (χ2n) is 3.66. The van der Waals surface area contributed by atoms with E-state index in [0.29, 0.717) is 0 Å². The maximum Gasteiger partial charge on any atom is 0.0449 e. The van der Waals surface area contributed by atoms with Crippen LogP contribution in [0.4, 0.5) is 0 Å². The Bertz CT molecular complexity index is 245. The first-order valence-corrected chi connectivity index (χ1v) is 4.05. The van der Waals surface area contributed by atoms with Crippen molar-refractivity contribution in [3.05, 3.63) is 34.9 Å². The van der Waals surface area contributed by atoms with Gasteiger partial charge in [-0.1, -0.05) is 44.5 Å². The molecule has 0 bridgehead atoms. The van der Waals surface area contributed by atoms with E-state index in [-0.39, 0.29) is 5.41 Å². The molecular weight excluding hydrogens is 156 g/mol. The van der Waals surface area contributed by atoms with Gasteiger partial charge in [-0.2, -0.15) is 0 Å². The molecule has 0 atom stereocenters. The van der Waals surface area contributed by atoms with Crippen LogP contribution in [0.2, 0.25) is 5.02 Å². The second-order valence-corrected chi connectivity index (χ2v) is 4.06. The first-order valence-electron chi connectivity index (χ1n) is 3.68. The molecule has 1 aromatic carbocycles. The lowest BCUT2D eigenvalue weighted by atomic mass is 9.87. The van der Waals surface area contributed by atoms with Gasteiger partial charge in [-0.3, -0.25) is 0 Å². The zero-order chi connectivity index (χ0) is 8.48. The number of hydrogen-bond donors (Lipinski definition) is 0. The van der Waals surface area contributed by atoms with Crippen LogP contribution in [0.5, 0.6) is 0 Å². The Labute approximate surface area is 73.2 Å². The van der Waals surface area contributed by atoms with E-state index >= 15 is 0 Å². The third kappa shape index (κ3) is 1.97. The average molecular weight is 168 g/mol. The molecule has 59 valence electrons. The van der Waals surface area contributed by atoms with Gasteiger partial charge in [0.1, 0.15) is 0 Å². The summed E-state index contributed by atoms with van der Waals surface area (Å²) in [6.45, 7) is 6.44. The predicted octanol–water partition coefficient (Wildman–Crippen LogP) is 3.44. The van der Waals surface area contributed by atoms with Gasteiger partial charge in [-0.05, 0) is 23.1 Å². The smallest absolute Gasteiger partial charge is 0.0449 e. The highest BCUT2D eigenvalue weighted by Gasteiger charge is 2.15. The second kappa shape index (κ2) is 2.86. The Hall–Kier alpha value is -0.490.